The van der Waals surface area contributed by atoms with E-state index in [-0.39, 0.29) is 0 Å². The molecule has 2 atom stereocenters. The molecule has 0 spiro atoms. The zero-order valence-corrected chi connectivity index (χ0v) is 23.9. The van der Waals surface area contributed by atoms with Crippen molar-refractivity contribution in [2.24, 2.45) is 0 Å². The number of benzene rings is 4. The largest absolute Gasteiger partial charge is 0.496 e. The van der Waals surface area contributed by atoms with E-state index in [2.05, 4.69) is 113 Å². The highest BCUT2D eigenvalue weighted by Gasteiger charge is 2.32. The first-order chi connectivity index (χ1) is 17.5. The minimum Gasteiger partial charge on any atom is -0.496 e. The molecule has 0 N–H and O–H groups in total. The Kier molecular flexibility index (Phi) is 8.84. The van der Waals surface area contributed by atoms with E-state index in [9.17, 15) is 0 Å². The summed E-state index contributed by atoms with van der Waals surface area (Å²) in [5, 5.41) is 4.21. The summed E-state index contributed by atoms with van der Waals surface area (Å²) in [5.74, 6) is 2.28. The molecule has 0 heterocycles. The third-order valence-corrected chi connectivity index (χ3v) is 14.9. The molecule has 0 aliphatic rings. The average Bonchev–Trinajstić information content (AvgIpc) is 2.91. The van der Waals surface area contributed by atoms with E-state index in [1.165, 1.54) is 21.5 Å². The maximum absolute atomic E-state index is 5.97. The maximum Gasteiger partial charge on any atom is 0.127 e. The summed E-state index contributed by atoms with van der Waals surface area (Å²) in [6, 6.07) is 35.3. The number of rotatable bonds is 9. The number of para-hydroxylation sites is 1. The summed E-state index contributed by atoms with van der Waals surface area (Å²) in [5.41, 5.74) is 4.08. The van der Waals surface area contributed by atoms with Gasteiger partial charge >= 0.3 is 0 Å². The molecule has 0 saturated carbocycles. The fraction of sp³-hybridized carbons (Fsp3) is 0.250. The third-order valence-electron chi connectivity index (χ3n) is 6.36. The first-order valence-corrected chi connectivity index (χ1v) is 16.0. The molecular formula is C32H36O2P2. The predicted octanol–water partition coefficient (Wildman–Crippen LogP) is 8.06. The molecule has 0 saturated heterocycles. The van der Waals surface area contributed by atoms with Crippen LogP contribution in [0.4, 0.5) is 0 Å². The molecule has 4 rings (SSSR count). The number of methoxy groups -OCH3 is 2. The molecule has 0 bridgehead atoms. The zero-order chi connectivity index (χ0) is 25.7. The van der Waals surface area contributed by atoms with Gasteiger partial charge in [-0.3, -0.25) is 0 Å². The molecule has 0 radical (unpaired) electrons. The van der Waals surface area contributed by atoms with Crippen LogP contribution in [0.25, 0.3) is 11.1 Å². The smallest absolute Gasteiger partial charge is 0.127 e. The normalized spacial score (nSPS) is 13.0. The molecular weight excluding hydrogens is 478 g/mol. The Labute approximate surface area is 219 Å². The van der Waals surface area contributed by atoms with Gasteiger partial charge in [0, 0.05) is 11.1 Å². The van der Waals surface area contributed by atoms with Gasteiger partial charge in [0.05, 0.1) is 14.2 Å². The lowest BCUT2D eigenvalue weighted by Gasteiger charge is -2.34. The molecule has 0 fully saturated rings. The van der Waals surface area contributed by atoms with Gasteiger partial charge in [-0.1, -0.05) is 113 Å². The van der Waals surface area contributed by atoms with Crippen molar-refractivity contribution in [2.45, 2.75) is 39.3 Å². The van der Waals surface area contributed by atoms with Gasteiger partial charge in [-0.2, -0.15) is 0 Å². The Hall–Kier alpha value is -2.66. The Morgan fingerprint density at radius 2 is 1.17 bits per heavy atom. The maximum atomic E-state index is 5.97. The molecule has 1 unspecified atom stereocenters. The fourth-order valence-corrected chi connectivity index (χ4v) is 13.0. The third kappa shape index (κ3) is 5.51. The van der Waals surface area contributed by atoms with Crippen molar-refractivity contribution in [3.8, 4) is 22.6 Å². The van der Waals surface area contributed by atoms with E-state index in [1.54, 1.807) is 14.2 Å². The van der Waals surface area contributed by atoms with Gasteiger partial charge in [-0.05, 0) is 60.4 Å². The highest BCUT2D eigenvalue weighted by atomic mass is 32.1. The van der Waals surface area contributed by atoms with Crippen LogP contribution in [0.1, 0.15) is 39.2 Å². The van der Waals surface area contributed by atoms with Crippen molar-refractivity contribution in [1.29, 1.82) is 0 Å². The minimum absolute atomic E-state index is 0.469. The Morgan fingerprint density at radius 1 is 0.583 bits per heavy atom. The number of hydrogen-bond acceptors (Lipinski definition) is 2. The molecule has 4 aromatic rings. The minimum atomic E-state index is -0.631. The van der Waals surface area contributed by atoms with Crippen LogP contribution in [-0.2, 0) is 0 Å². The van der Waals surface area contributed by atoms with Crippen LogP contribution in [0.15, 0.2) is 97.1 Å². The van der Waals surface area contributed by atoms with Gasteiger partial charge in [-0.15, -0.1) is 0 Å². The van der Waals surface area contributed by atoms with Crippen molar-refractivity contribution >= 4 is 31.1 Å². The van der Waals surface area contributed by atoms with Gasteiger partial charge < -0.3 is 9.47 Å². The molecule has 0 aliphatic carbocycles. The van der Waals surface area contributed by atoms with Crippen molar-refractivity contribution < 1.29 is 9.47 Å². The first-order valence-electron chi connectivity index (χ1n) is 12.5. The molecule has 0 aliphatic heterocycles. The second-order valence-electron chi connectivity index (χ2n) is 9.39. The van der Waals surface area contributed by atoms with E-state index >= 15 is 0 Å². The summed E-state index contributed by atoms with van der Waals surface area (Å²) < 4.78 is 11.8. The Morgan fingerprint density at radius 3 is 1.78 bits per heavy atom. The Balaban J connectivity index is 1.98. The lowest BCUT2D eigenvalue weighted by atomic mass is 10.0. The average molecular weight is 515 g/mol. The summed E-state index contributed by atoms with van der Waals surface area (Å²) in [7, 11) is 2.27. The highest BCUT2D eigenvalue weighted by Crippen LogP contribution is 2.70. The van der Waals surface area contributed by atoms with E-state index in [0.717, 1.165) is 22.6 Å². The second kappa shape index (κ2) is 12.1. The van der Waals surface area contributed by atoms with Crippen molar-refractivity contribution in [2.75, 3.05) is 14.2 Å². The first kappa shape index (κ1) is 26.4. The molecule has 4 heteroatoms. The Bertz CT molecular complexity index is 1270. The van der Waals surface area contributed by atoms with Gasteiger partial charge in [-0.25, -0.2) is 0 Å². The zero-order valence-electron chi connectivity index (χ0n) is 22.1. The summed E-state index contributed by atoms with van der Waals surface area (Å²) in [6.07, 6.45) is 0. The molecule has 36 heavy (non-hydrogen) atoms. The lowest BCUT2D eigenvalue weighted by Crippen LogP contribution is -2.20. The van der Waals surface area contributed by atoms with E-state index in [0.29, 0.717) is 11.6 Å². The molecule has 4 aromatic carbocycles. The van der Waals surface area contributed by atoms with Crippen molar-refractivity contribution in [1.82, 2.24) is 0 Å². The van der Waals surface area contributed by atoms with Crippen LogP contribution in [0.3, 0.4) is 0 Å². The van der Waals surface area contributed by atoms with Gasteiger partial charge in [0.25, 0.3) is 0 Å². The lowest BCUT2D eigenvalue weighted by molar-refractivity contribution is 0.410. The topological polar surface area (TPSA) is 18.5 Å². The van der Waals surface area contributed by atoms with Crippen LogP contribution in [0.5, 0.6) is 11.5 Å². The standard InChI is InChI=1S/C32H36O2P2/c1-23(2)25-19-21-27(22-20-25)36(26-13-8-7-9-14-26)35(24(3)4)31-18-12-17-30(34-6)32(31)28-15-10-11-16-29(28)33-5/h7-24H,1-6H3/t35?,36-/m0/s1. The van der Waals surface area contributed by atoms with Crippen LogP contribution in [0, 0.1) is 0 Å². The van der Waals surface area contributed by atoms with E-state index < -0.39 is 15.2 Å². The van der Waals surface area contributed by atoms with E-state index in [1.807, 2.05) is 12.1 Å². The quantitative estimate of drug-likeness (QED) is 0.210. The SMILES string of the molecule is COc1ccccc1-c1c(OC)cccc1P(C(C)C)[P@@](c1ccccc1)c1ccc(C(C)C)cc1. The number of hydrogen-bond donors (Lipinski definition) is 0. The predicted molar refractivity (Wildman–Crippen MR) is 160 cm³/mol. The second-order valence-corrected chi connectivity index (χ2v) is 15.7. The van der Waals surface area contributed by atoms with Crippen LogP contribution < -0.4 is 25.4 Å². The van der Waals surface area contributed by atoms with Crippen molar-refractivity contribution in [3.05, 3.63) is 103 Å². The van der Waals surface area contributed by atoms with Crippen LogP contribution >= 0.6 is 15.2 Å². The van der Waals surface area contributed by atoms with Crippen molar-refractivity contribution in [3.63, 3.8) is 0 Å². The monoisotopic (exact) mass is 514 g/mol. The summed E-state index contributed by atoms with van der Waals surface area (Å²) >= 11 is 0. The van der Waals surface area contributed by atoms with Crippen LogP contribution in [-0.4, -0.2) is 19.9 Å². The van der Waals surface area contributed by atoms with Gasteiger partial charge in [0.1, 0.15) is 11.5 Å². The highest BCUT2D eigenvalue weighted by molar-refractivity contribution is 8.39. The van der Waals surface area contributed by atoms with E-state index in [4.69, 9.17) is 9.47 Å². The van der Waals surface area contributed by atoms with Gasteiger partial charge in [0.15, 0.2) is 0 Å². The summed E-state index contributed by atoms with van der Waals surface area (Å²) in [6.45, 7) is 9.26. The molecule has 2 nitrogen and oxygen atoms in total. The molecule has 186 valence electrons. The summed E-state index contributed by atoms with van der Waals surface area (Å²) in [4.78, 5) is 0. The molecule has 0 aromatic heterocycles. The van der Waals surface area contributed by atoms with Crippen LogP contribution in [0.2, 0.25) is 0 Å². The fourth-order valence-electron chi connectivity index (χ4n) is 4.59. The number of ether oxygens (including phenoxy) is 2. The van der Waals surface area contributed by atoms with Gasteiger partial charge in [0.2, 0.25) is 0 Å². The molecule has 0 amide bonds.